The Morgan fingerprint density at radius 2 is 1.83 bits per heavy atom. The molecule has 2 rings (SSSR count). The van der Waals surface area contributed by atoms with Crippen LogP contribution in [0, 0.1) is 5.92 Å². The molecular weight excluding hydrogens is 324 g/mol. The highest BCUT2D eigenvalue weighted by atomic mass is 32.2. The maximum atomic E-state index is 12.6. The first-order valence-electron chi connectivity index (χ1n) is 8.79. The topological polar surface area (TPSA) is 66.5 Å². The molecule has 6 heteroatoms. The third-order valence-corrected chi connectivity index (χ3v) is 5.76. The minimum atomic E-state index is -3.57. The van der Waals surface area contributed by atoms with E-state index < -0.39 is 10.0 Å². The van der Waals surface area contributed by atoms with E-state index in [4.69, 9.17) is 0 Å². The number of sulfonamides is 1. The summed E-state index contributed by atoms with van der Waals surface area (Å²) >= 11 is 0. The molecule has 1 saturated heterocycles. The fraction of sp³-hybridized carbons (Fsp3) is 0.611. The zero-order chi connectivity index (χ0) is 17.6. The molecule has 1 amide bonds. The Balaban J connectivity index is 2.11. The monoisotopic (exact) mass is 352 g/mol. The molecule has 1 heterocycles. The lowest BCUT2D eigenvalue weighted by molar-refractivity contribution is 0.0761. The van der Waals surface area contributed by atoms with E-state index in [0.29, 0.717) is 18.0 Å². The first-order valence-corrected chi connectivity index (χ1v) is 10.3. The number of rotatable bonds is 6. The zero-order valence-corrected chi connectivity index (χ0v) is 15.4. The fourth-order valence-electron chi connectivity index (χ4n) is 2.82. The standard InChI is InChI=1S/C18H28N2O3S/c1-15(2)10-11-19-24(22,23)17-9-7-8-16(14-17)18(21)20-12-5-3-4-6-13-20/h7-9,14-15,19H,3-6,10-13H2,1-2H3. The van der Waals surface area contributed by atoms with Gasteiger partial charge in [0.25, 0.3) is 5.91 Å². The second-order valence-electron chi connectivity index (χ2n) is 6.81. The van der Waals surface area contributed by atoms with Gasteiger partial charge in [-0.2, -0.15) is 0 Å². The predicted octanol–water partition coefficient (Wildman–Crippen LogP) is 3.03. The average Bonchev–Trinajstić information content (AvgIpc) is 2.83. The lowest BCUT2D eigenvalue weighted by Crippen LogP contribution is -2.32. The van der Waals surface area contributed by atoms with E-state index in [-0.39, 0.29) is 10.8 Å². The first-order chi connectivity index (χ1) is 11.4. The van der Waals surface area contributed by atoms with Gasteiger partial charge < -0.3 is 4.90 Å². The minimum Gasteiger partial charge on any atom is -0.339 e. The van der Waals surface area contributed by atoms with Crippen molar-refractivity contribution >= 4 is 15.9 Å². The van der Waals surface area contributed by atoms with Crippen LogP contribution in [0.25, 0.3) is 0 Å². The van der Waals surface area contributed by atoms with Gasteiger partial charge in [-0.25, -0.2) is 13.1 Å². The minimum absolute atomic E-state index is 0.0730. The van der Waals surface area contributed by atoms with Crippen LogP contribution in [0.5, 0.6) is 0 Å². The predicted molar refractivity (Wildman–Crippen MR) is 95.5 cm³/mol. The van der Waals surface area contributed by atoms with Gasteiger partial charge in [0.2, 0.25) is 10.0 Å². The Morgan fingerprint density at radius 3 is 2.46 bits per heavy atom. The van der Waals surface area contributed by atoms with Crippen molar-refractivity contribution in [2.24, 2.45) is 5.92 Å². The second-order valence-corrected chi connectivity index (χ2v) is 8.58. The Kier molecular flexibility index (Phi) is 6.80. The van der Waals surface area contributed by atoms with E-state index in [1.807, 2.05) is 4.90 Å². The molecule has 1 aliphatic heterocycles. The summed E-state index contributed by atoms with van der Waals surface area (Å²) in [6.07, 6.45) is 5.11. The van der Waals surface area contributed by atoms with Gasteiger partial charge in [-0.1, -0.05) is 32.8 Å². The van der Waals surface area contributed by atoms with Crippen LogP contribution in [0.4, 0.5) is 0 Å². The zero-order valence-electron chi connectivity index (χ0n) is 14.6. The normalized spacial score (nSPS) is 16.2. The van der Waals surface area contributed by atoms with Crippen LogP contribution < -0.4 is 4.72 Å². The van der Waals surface area contributed by atoms with Crippen LogP contribution in [-0.2, 0) is 10.0 Å². The van der Waals surface area contributed by atoms with Crippen molar-refractivity contribution in [2.45, 2.75) is 50.8 Å². The molecule has 0 spiro atoms. The summed E-state index contributed by atoms with van der Waals surface area (Å²) < 4.78 is 27.4. The summed E-state index contributed by atoms with van der Waals surface area (Å²) in [6.45, 7) is 6.01. The number of likely N-dealkylation sites (tertiary alicyclic amines) is 1. The third kappa shape index (κ3) is 5.31. The van der Waals surface area contributed by atoms with Crippen molar-refractivity contribution in [3.05, 3.63) is 29.8 Å². The Bertz CT molecular complexity index is 648. The average molecular weight is 353 g/mol. The molecule has 0 unspecified atom stereocenters. The number of nitrogens with one attached hydrogen (secondary N) is 1. The van der Waals surface area contributed by atoms with E-state index in [2.05, 4.69) is 18.6 Å². The van der Waals surface area contributed by atoms with Crippen LogP contribution >= 0.6 is 0 Å². The quantitative estimate of drug-likeness (QED) is 0.856. The van der Waals surface area contributed by atoms with Gasteiger partial charge in [0, 0.05) is 25.2 Å². The van der Waals surface area contributed by atoms with Gasteiger partial charge in [-0.15, -0.1) is 0 Å². The van der Waals surface area contributed by atoms with E-state index in [9.17, 15) is 13.2 Å². The van der Waals surface area contributed by atoms with E-state index in [0.717, 1.165) is 45.2 Å². The van der Waals surface area contributed by atoms with Crippen molar-refractivity contribution in [2.75, 3.05) is 19.6 Å². The highest BCUT2D eigenvalue weighted by Gasteiger charge is 2.20. The van der Waals surface area contributed by atoms with Crippen molar-refractivity contribution < 1.29 is 13.2 Å². The summed E-state index contributed by atoms with van der Waals surface area (Å²) in [7, 11) is -3.57. The van der Waals surface area contributed by atoms with Gasteiger partial charge in [-0.3, -0.25) is 4.79 Å². The van der Waals surface area contributed by atoms with Crippen molar-refractivity contribution in [1.29, 1.82) is 0 Å². The van der Waals surface area contributed by atoms with Gasteiger partial charge in [0.15, 0.2) is 0 Å². The van der Waals surface area contributed by atoms with E-state index in [1.165, 1.54) is 12.1 Å². The number of benzene rings is 1. The van der Waals surface area contributed by atoms with Gasteiger partial charge >= 0.3 is 0 Å². The van der Waals surface area contributed by atoms with Crippen molar-refractivity contribution in [3.63, 3.8) is 0 Å². The molecule has 0 atom stereocenters. The van der Waals surface area contributed by atoms with Crippen molar-refractivity contribution in [3.8, 4) is 0 Å². The van der Waals surface area contributed by atoms with Crippen LogP contribution in [0.3, 0.4) is 0 Å². The van der Waals surface area contributed by atoms with Crippen LogP contribution in [0.2, 0.25) is 0 Å². The van der Waals surface area contributed by atoms with Gasteiger partial charge in [0.05, 0.1) is 4.90 Å². The molecule has 1 aromatic carbocycles. The summed E-state index contributed by atoms with van der Waals surface area (Å²) in [4.78, 5) is 14.6. The summed E-state index contributed by atoms with van der Waals surface area (Å²) in [6, 6.07) is 6.37. The highest BCUT2D eigenvalue weighted by molar-refractivity contribution is 7.89. The van der Waals surface area contributed by atoms with Crippen LogP contribution in [0.1, 0.15) is 56.3 Å². The van der Waals surface area contributed by atoms with Crippen LogP contribution in [0.15, 0.2) is 29.2 Å². The van der Waals surface area contributed by atoms with E-state index in [1.54, 1.807) is 12.1 Å². The smallest absolute Gasteiger partial charge is 0.253 e. The number of hydrogen-bond donors (Lipinski definition) is 1. The third-order valence-electron chi connectivity index (χ3n) is 4.30. The second kappa shape index (κ2) is 8.62. The highest BCUT2D eigenvalue weighted by Crippen LogP contribution is 2.16. The molecule has 0 bridgehead atoms. The summed E-state index contributed by atoms with van der Waals surface area (Å²) in [5.41, 5.74) is 0.448. The molecular formula is C18H28N2O3S. The summed E-state index contributed by atoms with van der Waals surface area (Å²) in [5.74, 6) is 0.361. The van der Waals surface area contributed by atoms with Crippen molar-refractivity contribution in [1.82, 2.24) is 9.62 Å². The number of amides is 1. The first kappa shape index (κ1) is 18.9. The SMILES string of the molecule is CC(C)CCNS(=O)(=O)c1cccc(C(=O)N2CCCCCC2)c1. The number of carbonyl (C=O) groups is 1. The molecule has 0 saturated carbocycles. The molecule has 1 N–H and O–H groups in total. The van der Waals surface area contributed by atoms with E-state index >= 15 is 0 Å². The molecule has 5 nitrogen and oxygen atoms in total. The number of hydrogen-bond acceptors (Lipinski definition) is 3. The Morgan fingerprint density at radius 1 is 1.17 bits per heavy atom. The molecule has 0 radical (unpaired) electrons. The molecule has 1 aliphatic rings. The molecule has 1 fully saturated rings. The Hall–Kier alpha value is -1.40. The molecule has 0 aliphatic carbocycles. The Labute approximate surface area is 145 Å². The van der Waals surface area contributed by atoms with Gasteiger partial charge in [0.1, 0.15) is 0 Å². The lowest BCUT2D eigenvalue weighted by Gasteiger charge is -2.20. The van der Waals surface area contributed by atoms with Crippen LogP contribution in [-0.4, -0.2) is 38.9 Å². The van der Waals surface area contributed by atoms with Gasteiger partial charge in [-0.05, 0) is 43.4 Å². The largest absolute Gasteiger partial charge is 0.339 e. The lowest BCUT2D eigenvalue weighted by atomic mass is 10.1. The maximum absolute atomic E-state index is 12.6. The molecule has 134 valence electrons. The maximum Gasteiger partial charge on any atom is 0.253 e. The summed E-state index contributed by atoms with van der Waals surface area (Å²) in [5, 5.41) is 0. The fourth-order valence-corrected chi connectivity index (χ4v) is 3.91. The number of nitrogens with zero attached hydrogens (tertiary/aromatic N) is 1. The molecule has 0 aromatic heterocycles. The molecule has 1 aromatic rings. The molecule has 24 heavy (non-hydrogen) atoms. The number of carbonyl (C=O) groups excluding carboxylic acids is 1.